The van der Waals surface area contributed by atoms with Crippen molar-refractivity contribution >= 4 is 11.9 Å². The largest absolute Gasteiger partial charge is 0.393 e. The zero-order chi connectivity index (χ0) is 9.64. The lowest BCUT2D eigenvalue weighted by Gasteiger charge is -2.35. The van der Waals surface area contributed by atoms with E-state index in [-0.39, 0.29) is 6.42 Å². The molecule has 0 N–H and O–H groups in total. The fourth-order valence-electron chi connectivity index (χ4n) is 1.94. The van der Waals surface area contributed by atoms with Crippen LogP contribution in [0.4, 0.5) is 8.78 Å². The maximum atomic E-state index is 12.9. The maximum absolute atomic E-state index is 12.9. The number of ether oxygens (including phenoxy) is 1. The molecule has 2 fully saturated rings. The lowest BCUT2D eigenvalue weighted by Crippen LogP contribution is -2.44. The first-order valence-electron chi connectivity index (χ1n) is 4.11. The van der Waals surface area contributed by atoms with Crippen LogP contribution < -0.4 is 0 Å². The van der Waals surface area contributed by atoms with E-state index >= 15 is 0 Å². The summed E-state index contributed by atoms with van der Waals surface area (Å²) in [5.74, 6) is -6.04. The fourth-order valence-corrected chi connectivity index (χ4v) is 1.94. The van der Waals surface area contributed by atoms with Crippen molar-refractivity contribution in [3.8, 4) is 0 Å². The van der Waals surface area contributed by atoms with E-state index < -0.39 is 42.5 Å². The molecule has 72 valence electrons. The number of hydrogen-bond acceptors (Lipinski definition) is 3. The van der Waals surface area contributed by atoms with Gasteiger partial charge in [-0.2, -0.15) is 0 Å². The highest BCUT2D eigenvalue weighted by Gasteiger charge is 2.50. The summed E-state index contributed by atoms with van der Waals surface area (Å²) in [5, 5.41) is 0. The second-order valence-corrected chi connectivity index (χ2v) is 3.63. The summed E-state index contributed by atoms with van der Waals surface area (Å²) in [4.78, 5) is 21.9. The first kappa shape index (κ1) is 8.59. The van der Waals surface area contributed by atoms with Gasteiger partial charge in [0.15, 0.2) is 0 Å². The molecule has 1 aliphatic heterocycles. The maximum Gasteiger partial charge on any atom is 0.316 e. The van der Waals surface area contributed by atoms with Crippen LogP contribution in [0.25, 0.3) is 0 Å². The molecule has 1 saturated carbocycles. The zero-order valence-corrected chi connectivity index (χ0v) is 6.76. The first-order valence-corrected chi connectivity index (χ1v) is 4.11. The summed E-state index contributed by atoms with van der Waals surface area (Å²) in [6.07, 6.45) is -0.724. The van der Waals surface area contributed by atoms with Gasteiger partial charge in [-0.25, -0.2) is 8.78 Å². The molecule has 0 aromatic rings. The van der Waals surface area contributed by atoms with E-state index in [1.165, 1.54) is 0 Å². The van der Waals surface area contributed by atoms with Crippen LogP contribution in [0.15, 0.2) is 0 Å². The Morgan fingerprint density at radius 2 is 1.62 bits per heavy atom. The molecule has 2 rings (SSSR count). The Morgan fingerprint density at radius 3 is 2.08 bits per heavy atom. The van der Waals surface area contributed by atoms with E-state index in [0.717, 1.165) is 0 Å². The van der Waals surface area contributed by atoms with Crippen molar-refractivity contribution in [3.05, 3.63) is 0 Å². The van der Waals surface area contributed by atoms with E-state index in [1.807, 2.05) is 0 Å². The van der Waals surface area contributed by atoms with Crippen LogP contribution in [-0.2, 0) is 14.3 Å². The minimum Gasteiger partial charge on any atom is -0.393 e. The lowest BCUT2D eigenvalue weighted by atomic mass is 9.77. The molecule has 2 atom stereocenters. The third-order valence-corrected chi connectivity index (χ3v) is 2.53. The van der Waals surface area contributed by atoms with E-state index in [1.54, 1.807) is 0 Å². The van der Waals surface area contributed by atoms with E-state index in [2.05, 4.69) is 4.74 Å². The van der Waals surface area contributed by atoms with Gasteiger partial charge in [0.1, 0.15) is 0 Å². The summed E-state index contributed by atoms with van der Waals surface area (Å²) in [6.45, 7) is 0. The van der Waals surface area contributed by atoms with Gasteiger partial charge in [0.25, 0.3) is 0 Å². The molecule has 1 aliphatic carbocycles. The number of hydrogen-bond donors (Lipinski definition) is 0. The number of esters is 2. The molecule has 3 nitrogen and oxygen atoms in total. The topological polar surface area (TPSA) is 43.4 Å². The standard InChI is InChI=1S/C8H8F2O3/c9-8(10)2-4-1-5(3-8)7(12)13-6(4)11/h4-5H,1-3H2/t4-,5?/m1/s1. The fraction of sp³-hybridized carbons (Fsp3) is 0.750. The van der Waals surface area contributed by atoms with Gasteiger partial charge in [-0.1, -0.05) is 0 Å². The van der Waals surface area contributed by atoms with Crippen molar-refractivity contribution in [2.75, 3.05) is 0 Å². The van der Waals surface area contributed by atoms with Crippen LogP contribution in [0, 0.1) is 11.8 Å². The molecule has 0 aromatic heterocycles. The molecule has 0 aromatic carbocycles. The highest BCUT2D eigenvalue weighted by Crippen LogP contribution is 2.43. The predicted molar refractivity (Wildman–Crippen MR) is 36.9 cm³/mol. The molecule has 13 heavy (non-hydrogen) atoms. The van der Waals surface area contributed by atoms with Crippen molar-refractivity contribution in [1.82, 2.24) is 0 Å². The van der Waals surface area contributed by atoms with Gasteiger partial charge in [-0.15, -0.1) is 0 Å². The van der Waals surface area contributed by atoms with E-state index in [0.29, 0.717) is 0 Å². The zero-order valence-electron chi connectivity index (χ0n) is 6.76. The molecule has 0 spiro atoms. The summed E-state index contributed by atoms with van der Waals surface area (Å²) < 4.78 is 30.2. The normalized spacial score (nSPS) is 37.1. The van der Waals surface area contributed by atoms with Crippen molar-refractivity contribution in [1.29, 1.82) is 0 Å². The minimum atomic E-state index is -2.89. The smallest absolute Gasteiger partial charge is 0.316 e. The number of alkyl halides is 2. The summed E-state index contributed by atoms with van der Waals surface area (Å²) in [7, 11) is 0. The molecule has 2 bridgehead atoms. The molecular weight excluding hydrogens is 182 g/mol. The molecule has 1 saturated heterocycles. The second kappa shape index (κ2) is 2.49. The lowest BCUT2D eigenvalue weighted by molar-refractivity contribution is -0.186. The van der Waals surface area contributed by atoms with Crippen LogP contribution in [0.5, 0.6) is 0 Å². The molecule has 2 aliphatic rings. The minimum absolute atomic E-state index is 0.229. The number of carbonyl (C=O) groups excluding carboxylic acids is 2. The monoisotopic (exact) mass is 190 g/mol. The Kier molecular flexibility index (Phi) is 1.65. The second-order valence-electron chi connectivity index (χ2n) is 3.63. The average Bonchev–Trinajstić information content (AvgIpc) is 1.98. The first-order chi connectivity index (χ1) is 5.98. The van der Waals surface area contributed by atoms with Gasteiger partial charge in [-0.05, 0) is 6.42 Å². The Balaban J connectivity index is 2.23. The van der Waals surface area contributed by atoms with Crippen molar-refractivity contribution in [3.63, 3.8) is 0 Å². The number of halogens is 2. The molecule has 0 radical (unpaired) electrons. The molecule has 1 unspecified atom stereocenters. The molecule has 1 heterocycles. The van der Waals surface area contributed by atoms with E-state index in [9.17, 15) is 18.4 Å². The van der Waals surface area contributed by atoms with Crippen LogP contribution in [0.3, 0.4) is 0 Å². The van der Waals surface area contributed by atoms with Crippen LogP contribution in [0.2, 0.25) is 0 Å². The Hall–Kier alpha value is -1.00. The Labute approximate surface area is 73.0 Å². The van der Waals surface area contributed by atoms with E-state index in [4.69, 9.17) is 0 Å². The highest BCUT2D eigenvalue weighted by atomic mass is 19.3. The summed E-state index contributed by atoms with van der Waals surface area (Å²) in [6, 6.07) is 0. The number of rotatable bonds is 0. The van der Waals surface area contributed by atoms with Crippen LogP contribution >= 0.6 is 0 Å². The van der Waals surface area contributed by atoms with Crippen LogP contribution in [-0.4, -0.2) is 17.9 Å². The number of carbonyl (C=O) groups is 2. The average molecular weight is 190 g/mol. The SMILES string of the molecule is O=C1OC(=O)[C@@H]2CC1CC(F)(F)C2. The summed E-state index contributed by atoms with van der Waals surface area (Å²) in [5.41, 5.74) is 0. The van der Waals surface area contributed by atoms with Gasteiger partial charge in [0.05, 0.1) is 11.8 Å². The van der Waals surface area contributed by atoms with Gasteiger partial charge in [0, 0.05) is 12.8 Å². The van der Waals surface area contributed by atoms with Crippen molar-refractivity contribution in [2.24, 2.45) is 11.8 Å². The van der Waals surface area contributed by atoms with Crippen molar-refractivity contribution in [2.45, 2.75) is 25.2 Å². The molecule has 5 heteroatoms. The number of cyclic esters (lactones) is 2. The molecule has 0 amide bonds. The van der Waals surface area contributed by atoms with Gasteiger partial charge in [-0.3, -0.25) is 9.59 Å². The van der Waals surface area contributed by atoms with Gasteiger partial charge >= 0.3 is 11.9 Å². The van der Waals surface area contributed by atoms with Gasteiger partial charge < -0.3 is 4.74 Å². The predicted octanol–water partition coefficient (Wildman–Crippen LogP) is 1.12. The van der Waals surface area contributed by atoms with Gasteiger partial charge in [0.2, 0.25) is 5.92 Å². The summed E-state index contributed by atoms with van der Waals surface area (Å²) >= 11 is 0. The third-order valence-electron chi connectivity index (χ3n) is 2.53. The van der Waals surface area contributed by atoms with Crippen LogP contribution in [0.1, 0.15) is 19.3 Å². The quantitative estimate of drug-likeness (QED) is 0.424. The Morgan fingerprint density at radius 1 is 1.15 bits per heavy atom. The Bertz CT molecular complexity index is 251. The number of fused-ring (bicyclic) bond motifs is 2. The third kappa shape index (κ3) is 1.43. The molecular formula is C8H8F2O3. The highest BCUT2D eigenvalue weighted by molar-refractivity contribution is 5.91. The van der Waals surface area contributed by atoms with Crippen molar-refractivity contribution < 1.29 is 23.1 Å².